The highest BCUT2D eigenvalue weighted by Gasteiger charge is 2.43. The second-order valence-electron chi connectivity index (χ2n) is 7.85. The van der Waals surface area contributed by atoms with Crippen LogP contribution in [0.3, 0.4) is 0 Å². The zero-order valence-electron chi connectivity index (χ0n) is 16.2. The normalized spacial score (nSPS) is 23.0. The highest BCUT2D eigenvalue weighted by molar-refractivity contribution is 7.90. The number of ether oxygens (including phenoxy) is 1. The maximum atomic E-state index is 11.4. The van der Waals surface area contributed by atoms with E-state index in [9.17, 15) is 8.42 Å². The molecule has 2 aliphatic rings. The van der Waals surface area contributed by atoms with Gasteiger partial charge in [-0.1, -0.05) is 5.16 Å². The largest absolute Gasteiger partial charge is 0.478 e. The molecule has 1 aliphatic carbocycles. The van der Waals surface area contributed by atoms with Gasteiger partial charge < -0.3 is 14.2 Å². The number of rotatable bonds is 7. The second kappa shape index (κ2) is 7.69. The van der Waals surface area contributed by atoms with Crippen LogP contribution in [-0.2, 0) is 9.84 Å². The Morgan fingerprint density at radius 3 is 2.68 bits per heavy atom. The first-order chi connectivity index (χ1) is 13.4. The summed E-state index contributed by atoms with van der Waals surface area (Å²) in [4.78, 5) is 10.8. The second-order valence-corrected chi connectivity index (χ2v) is 9.87. The van der Waals surface area contributed by atoms with Gasteiger partial charge in [-0.2, -0.15) is 4.98 Å². The van der Waals surface area contributed by atoms with Crippen LogP contribution in [0, 0.1) is 24.7 Å². The van der Waals surface area contributed by atoms with E-state index in [2.05, 4.69) is 20.0 Å². The van der Waals surface area contributed by atoms with Gasteiger partial charge in [-0.25, -0.2) is 13.4 Å². The molecule has 4 rings (SSSR count). The lowest BCUT2D eigenvalue weighted by molar-refractivity contribution is 0.274. The average molecular weight is 407 g/mol. The van der Waals surface area contributed by atoms with Crippen molar-refractivity contribution in [3.63, 3.8) is 0 Å². The van der Waals surface area contributed by atoms with E-state index < -0.39 is 9.84 Å². The number of piperidine rings is 1. The lowest BCUT2D eigenvalue weighted by Gasteiger charge is -2.30. The first-order valence-electron chi connectivity index (χ1n) is 9.74. The lowest BCUT2D eigenvalue weighted by atomic mass is 9.91. The van der Waals surface area contributed by atoms with Crippen molar-refractivity contribution in [2.75, 3.05) is 30.9 Å². The van der Waals surface area contributed by atoms with Gasteiger partial charge in [0.05, 0.1) is 11.5 Å². The maximum Gasteiger partial charge on any atom is 0.324 e. The van der Waals surface area contributed by atoms with E-state index in [1.165, 1.54) is 24.9 Å². The number of nitrogens with zero attached hydrogens (tertiary/aromatic N) is 4. The summed E-state index contributed by atoms with van der Waals surface area (Å²) in [7, 11) is -3.22. The minimum atomic E-state index is -3.22. The molecule has 1 aliphatic heterocycles. The molecule has 0 aromatic carbocycles. The Balaban J connectivity index is 1.18. The van der Waals surface area contributed by atoms with Gasteiger partial charge >= 0.3 is 6.01 Å². The average Bonchev–Trinajstić information content (AvgIpc) is 3.32. The quantitative estimate of drug-likeness (QED) is 0.692. The Morgan fingerprint density at radius 2 is 2.07 bits per heavy atom. The molecule has 2 aromatic heterocycles. The van der Waals surface area contributed by atoms with Gasteiger partial charge in [0.1, 0.15) is 0 Å². The highest BCUT2D eigenvalue weighted by Crippen LogP contribution is 2.49. The van der Waals surface area contributed by atoms with Crippen molar-refractivity contribution in [2.24, 2.45) is 17.8 Å². The van der Waals surface area contributed by atoms with Crippen molar-refractivity contribution in [1.82, 2.24) is 15.1 Å². The van der Waals surface area contributed by atoms with E-state index in [-0.39, 0.29) is 4.90 Å². The van der Waals surface area contributed by atoms with E-state index in [1.807, 2.05) is 6.92 Å². The van der Waals surface area contributed by atoms with E-state index in [0.717, 1.165) is 50.1 Å². The van der Waals surface area contributed by atoms with Crippen molar-refractivity contribution in [3.05, 3.63) is 24.2 Å². The molecule has 2 aromatic rings. The summed E-state index contributed by atoms with van der Waals surface area (Å²) in [5.41, 5.74) is 0. The minimum Gasteiger partial charge on any atom is -0.478 e. The predicted molar refractivity (Wildman–Crippen MR) is 103 cm³/mol. The molecular formula is C19H26N4O4S. The fourth-order valence-corrected chi connectivity index (χ4v) is 4.66. The maximum absolute atomic E-state index is 11.4. The summed E-state index contributed by atoms with van der Waals surface area (Å²) in [6.45, 7) is 4.41. The molecule has 0 radical (unpaired) electrons. The smallest absolute Gasteiger partial charge is 0.324 e. The Morgan fingerprint density at radius 1 is 1.29 bits per heavy atom. The molecule has 0 unspecified atom stereocenters. The monoisotopic (exact) mass is 406 g/mol. The minimum absolute atomic E-state index is 0.212. The number of hydrogen-bond acceptors (Lipinski definition) is 8. The van der Waals surface area contributed by atoms with E-state index in [1.54, 1.807) is 6.07 Å². The van der Waals surface area contributed by atoms with Gasteiger partial charge in [-0.05, 0) is 56.4 Å². The third-order valence-corrected chi connectivity index (χ3v) is 6.88. The van der Waals surface area contributed by atoms with Crippen LogP contribution in [0.1, 0.15) is 31.5 Å². The van der Waals surface area contributed by atoms with Crippen molar-refractivity contribution < 1.29 is 17.7 Å². The van der Waals surface area contributed by atoms with Crippen LogP contribution in [0.15, 0.2) is 27.7 Å². The molecule has 8 nitrogen and oxygen atoms in total. The Kier molecular flexibility index (Phi) is 5.27. The summed E-state index contributed by atoms with van der Waals surface area (Å²) in [6, 6.07) is 3.80. The van der Waals surface area contributed by atoms with E-state index in [4.69, 9.17) is 9.26 Å². The number of sulfone groups is 1. The number of pyridine rings is 1. The third kappa shape index (κ3) is 4.45. The summed E-state index contributed by atoms with van der Waals surface area (Å²) in [6.07, 6.45) is 7.14. The van der Waals surface area contributed by atoms with Crippen molar-refractivity contribution in [3.8, 4) is 5.88 Å². The zero-order chi connectivity index (χ0) is 19.7. The van der Waals surface area contributed by atoms with Crippen LogP contribution in [0.2, 0.25) is 0 Å². The van der Waals surface area contributed by atoms with E-state index >= 15 is 0 Å². The molecule has 0 bridgehead atoms. The molecule has 9 heteroatoms. The number of aryl methyl sites for hydroxylation is 1. The first kappa shape index (κ1) is 19.2. The molecule has 2 fully saturated rings. The fraction of sp³-hybridized carbons (Fsp3) is 0.632. The summed E-state index contributed by atoms with van der Waals surface area (Å²) < 4.78 is 33.9. The predicted octanol–water partition coefficient (Wildman–Crippen LogP) is 2.50. The SMILES string of the molecule is Cc1noc(N2CCC([C@H]3C[C@H]3CCOc3ccc(S(C)(=O)=O)cn3)CC2)n1. The Hall–Kier alpha value is -2.16. The highest BCUT2D eigenvalue weighted by atomic mass is 32.2. The van der Waals surface area contributed by atoms with Crippen LogP contribution in [0.4, 0.5) is 6.01 Å². The molecule has 2 atom stereocenters. The number of aromatic nitrogens is 3. The van der Waals surface area contributed by atoms with Crippen molar-refractivity contribution in [1.29, 1.82) is 0 Å². The molecule has 152 valence electrons. The van der Waals surface area contributed by atoms with Gasteiger partial charge in [0.15, 0.2) is 15.7 Å². The number of hydrogen-bond donors (Lipinski definition) is 0. The van der Waals surface area contributed by atoms with E-state index in [0.29, 0.717) is 24.3 Å². The molecule has 3 heterocycles. The van der Waals surface area contributed by atoms with Gasteiger partial charge in [0.2, 0.25) is 5.88 Å². The number of anilines is 1. The molecular weight excluding hydrogens is 380 g/mol. The standard InChI is InChI=1S/C19H26N4O4S/c1-13-21-19(27-22-13)23-8-5-14(6-9-23)17-11-15(17)7-10-26-18-4-3-16(12-20-18)28(2,24)25/h3-4,12,14-15,17H,5-11H2,1-2H3/t15-,17-/m1/s1. The van der Waals surface area contributed by atoms with Crippen molar-refractivity contribution in [2.45, 2.75) is 37.5 Å². The molecule has 1 saturated carbocycles. The Bertz CT molecular complexity index is 904. The first-order valence-corrected chi connectivity index (χ1v) is 11.6. The third-order valence-electron chi connectivity index (χ3n) is 5.79. The van der Waals surface area contributed by atoms with Crippen LogP contribution >= 0.6 is 0 Å². The van der Waals surface area contributed by atoms with Crippen LogP contribution in [0.25, 0.3) is 0 Å². The zero-order valence-corrected chi connectivity index (χ0v) is 17.1. The summed E-state index contributed by atoms with van der Waals surface area (Å²) in [5.74, 6) is 3.43. The van der Waals surface area contributed by atoms with Gasteiger partial charge in [0.25, 0.3) is 0 Å². The van der Waals surface area contributed by atoms with Crippen LogP contribution in [0.5, 0.6) is 5.88 Å². The fourth-order valence-electron chi connectivity index (χ4n) is 4.10. The molecule has 0 spiro atoms. The molecule has 0 N–H and O–H groups in total. The molecule has 28 heavy (non-hydrogen) atoms. The van der Waals surface area contributed by atoms with Gasteiger partial charge in [0, 0.05) is 31.6 Å². The summed E-state index contributed by atoms with van der Waals surface area (Å²) >= 11 is 0. The van der Waals surface area contributed by atoms with Gasteiger partial charge in [-0.3, -0.25) is 0 Å². The Labute approximate surface area is 165 Å². The topological polar surface area (TPSA) is 98.4 Å². The summed E-state index contributed by atoms with van der Waals surface area (Å²) in [5, 5.41) is 3.87. The lowest BCUT2D eigenvalue weighted by Crippen LogP contribution is -2.34. The molecule has 1 saturated heterocycles. The van der Waals surface area contributed by atoms with Crippen LogP contribution < -0.4 is 9.64 Å². The van der Waals surface area contributed by atoms with Crippen molar-refractivity contribution >= 4 is 15.9 Å². The van der Waals surface area contributed by atoms with Crippen LogP contribution in [-0.4, -0.2) is 49.5 Å². The molecule has 0 amide bonds. The van der Waals surface area contributed by atoms with Gasteiger partial charge in [-0.15, -0.1) is 0 Å².